The van der Waals surface area contributed by atoms with Gasteiger partial charge in [-0.15, -0.1) is 0 Å². The Bertz CT molecular complexity index is 1320. The quantitative estimate of drug-likeness (QED) is 0.477. The lowest BCUT2D eigenvalue weighted by atomic mass is 9.69. The minimum absolute atomic E-state index is 0.0186. The van der Waals surface area contributed by atoms with E-state index in [2.05, 4.69) is 63.6 Å². The molecule has 3 fully saturated rings. The molecule has 2 aliphatic carbocycles. The zero-order chi connectivity index (χ0) is 25.9. The van der Waals surface area contributed by atoms with Crippen LogP contribution in [0.15, 0.2) is 29.1 Å². The molecular weight excluding hydrogens is 466 g/mol. The maximum Gasteiger partial charge on any atom is 0.276 e. The predicted molar refractivity (Wildman–Crippen MR) is 145 cm³/mol. The number of carbonyl (C=O) groups is 2. The number of H-pyrrole nitrogens is 1. The van der Waals surface area contributed by atoms with Gasteiger partial charge in [0.05, 0.1) is 11.9 Å². The number of nitrogens with zero attached hydrogens (tertiary/aromatic N) is 3. The molecule has 2 aromatic heterocycles. The fraction of sp³-hybridized carbons (Fsp3) is 0.571. The van der Waals surface area contributed by atoms with E-state index in [0.717, 1.165) is 43.3 Å². The van der Waals surface area contributed by atoms with Crippen molar-refractivity contribution in [1.29, 1.82) is 0 Å². The van der Waals surface area contributed by atoms with Gasteiger partial charge in [-0.25, -0.2) is 9.98 Å². The molecule has 4 heterocycles. The van der Waals surface area contributed by atoms with E-state index in [1.807, 2.05) is 12.3 Å². The fourth-order valence-electron chi connectivity index (χ4n) is 7.00. The molecule has 9 nitrogen and oxygen atoms in total. The van der Waals surface area contributed by atoms with Crippen molar-refractivity contribution in [2.24, 2.45) is 27.7 Å². The van der Waals surface area contributed by atoms with Crippen molar-refractivity contribution in [2.75, 3.05) is 25.5 Å². The lowest BCUT2D eigenvalue weighted by Gasteiger charge is -2.39. The smallest absolute Gasteiger partial charge is 0.276 e. The Kier molecular flexibility index (Phi) is 5.67. The Labute approximate surface area is 217 Å². The minimum atomic E-state index is -0.218. The average molecular weight is 504 g/mol. The average Bonchev–Trinajstić information content (AvgIpc) is 3.53. The van der Waals surface area contributed by atoms with E-state index < -0.39 is 0 Å². The van der Waals surface area contributed by atoms with Crippen LogP contribution in [0.5, 0.6) is 0 Å². The topological polar surface area (TPSA) is 115 Å². The van der Waals surface area contributed by atoms with Gasteiger partial charge in [0.25, 0.3) is 5.91 Å². The highest BCUT2D eigenvalue weighted by atomic mass is 16.2. The van der Waals surface area contributed by atoms with Gasteiger partial charge in [0.1, 0.15) is 11.3 Å². The number of aromatic amines is 1. The number of amides is 2. The molecule has 196 valence electrons. The number of aromatic nitrogens is 2. The van der Waals surface area contributed by atoms with Gasteiger partial charge in [-0.2, -0.15) is 0 Å². The van der Waals surface area contributed by atoms with Crippen LogP contribution in [0.4, 0.5) is 5.69 Å². The number of nitrogens with one attached hydrogen (secondary N) is 4. The van der Waals surface area contributed by atoms with Crippen molar-refractivity contribution >= 4 is 40.6 Å². The lowest BCUT2D eigenvalue weighted by Crippen LogP contribution is -2.50. The molecule has 2 aromatic rings. The number of likely N-dealkylation sites (tertiary alicyclic amines) is 1. The fourth-order valence-corrected chi connectivity index (χ4v) is 7.00. The summed E-state index contributed by atoms with van der Waals surface area (Å²) in [5.41, 5.74) is 2.99. The van der Waals surface area contributed by atoms with Crippen molar-refractivity contribution in [3.63, 3.8) is 0 Å². The Morgan fingerprint density at radius 2 is 2.00 bits per heavy atom. The second kappa shape index (κ2) is 8.68. The van der Waals surface area contributed by atoms with E-state index in [1.165, 1.54) is 12.8 Å². The van der Waals surface area contributed by atoms with Crippen LogP contribution in [0.3, 0.4) is 0 Å². The molecular formula is C28H37N7O2. The maximum atomic E-state index is 12.8. The first kappa shape index (κ1) is 24.2. The van der Waals surface area contributed by atoms with Crippen LogP contribution < -0.4 is 16.0 Å². The van der Waals surface area contributed by atoms with Gasteiger partial charge in [-0.3, -0.25) is 14.9 Å². The molecule has 4 N–H and O–H groups in total. The molecule has 2 bridgehead atoms. The summed E-state index contributed by atoms with van der Waals surface area (Å²) >= 11 is 0. The molecule has 4 aliphatic rings. The highest BCUT2D eigenvalue weighted by molar-refractivity contribution is 6.14. The van der Waals surface area contributed by atoms with Crippen LogP contribution in [0, 0.1) is 22.7 Å². The SMILES string of the molecule is CN1CCC(C(=O)Nc2cnc3[nH]cc(/C=C4/N=C(NC5CC6CCC5(C)C6(C)C)NC4=O)c3c2)CC1. The number of aliphatic imine (C=N–C) groups is 1. The second-order valence-corrected chi connectivity index (χ2v) is 12.2. The van der Waals surface area contributed by atoms with Crippen LogP contribution in [0.25, 0.3) is 17.1 Å². The standard InChI is InChI=1S/C28H37N7O2/c1-27(2)18-5-8-28(27,3)22(12-18)33-26-32-21(25(37)34-26)11-17-14-29-23-20(17)13-19(15-30-23)31-24(36)16-6-9-35(4)10-7-16/h11,13-16,18,22H,5-10,12H2,1-4H3,(H,29,30)(H,31,36)(H2,32,33,34,37)/b21-11+. The summed E-state index contributed by atoms with van der Waals surface area (Å²) in [5.74, 6) is 1.08. The Morgan fingerprint density at radius 1 is 1.22 bits per heavy atom. The van der Waals surface area contributed by atoms with E-state index in [-0.39, 0.29) is 28.6 Å². The molecule has 3 unspecified atom stereocenters. The van der Waals surface area contributed by atoms with Crippen molar-refractivity contribution in [3.8, 4) is 0 Å². The number of piperidine rings is 1. The van der Waals surface area contributed by atoms with Crippen LogP contribution in [0.2, 0.25) is 0 Å². The summed E-state index contributed by atoms with van der Waals surface area (Å²) in [7, 11) is 2.08. The first-order valence-electron chi connectivity index (χ1n) is 13.5. The van der Waals surface area contributed by atoms with Gasteiger partial charge in [-0.1, -0.05) is 20.8 Å². The van der Waals surface area contributed by atoms with Crippen LogP contribution in [0.1, 0.15) is 58.4 Å². The molecule has 2 amide bonds. The van der Waals surface area contributed by atoms with Gasteiger partial charge in [0.15, 0.2) is 0 Å². The summed E-state index contributed by atoms with van der Waals surface area (Å²) in [6, 6.07) is 2.21. The third kappa shape index (κ3) is 4.04. The normalized spacial score (nSPS) is 30.6. The molecule has 0 radical (unpaired) electrons. The Morgan fingerprint density at radius 3 is 2.70 bits per heavy atom. The summed E-state index contributed by atoms with van der Waals surface area (Å²) in [5, 5.41) is 10.3. The number of rotatable bonds is 4. The Hall–Kier alpha value is -3.20. The van der Waals surface area contributed by atoms with Crippen LogP contribution in [-0.2, 0) is 9.59 Å². The molecule has 37 heavy (non-hydrogen) atoms. The van der Waals surface area contributed by atoms with Crippen molar-refractivity contribution in [1.82, 2.24) is 25.5 Å². The van der Waals surface area contributed by atoms with Crippen molar-refractivity contribution in [3.05, 3.63) is 29.7 Å². The molecule has 0 aromatic carbocycles. The zero-order valence-corrected chi connectivity index (χ0v) is 22.1. The van der Waals surface area contributed by atoms with Gasteiger partial charge in [-0.05, 0) is 81.1 Å². The van der Waals surface area contributed by atoms with Gasteiger partial charge in [0.2, 0.25) is 11.9 Å². The highest BCUT2D eigenvalue weighted by Gasteiger charge is 2.61. The summed E-state index contributed by atoms with van der Waals surface area (Å²) in [4.78, 5) is 40.1. The number of anilines is 1. The Balaban J connectivity index is 1.19. The molecule has 1 saturated heterocycles. The molecule has 6 rings (SSSR count). The zero-order valence-electron chi connectivity index (χ0n) is 22.1. The van der Waals surface area contributed by atoms with Gasteiger partial charge in [0, 0.05) is 29.1 Å². The van der Waals surface area contributed by atoms with E-state index in [4.69, 9.17) is 0 Å². The van der Waals surface area contributed by atoms with E-state index in [1.54, 1.807) is 12.3 Å². The van der Waals surface area contributed by atoms with Crippen LogP contribution in [-0.4, -0.2) is 58.8 Å². The summed E-state index contributed by atoms with van der Waals surface area (Å²) in [6.45, 7) is 8.99. The van der Waals surface area contributed by atoms with E-state index in [9.17, 15) is 9.59 Å². The van der Waals surface area contributed by atoms with E-state index in [0.29, 0.717) is 35.0 Å². The first-order chi connectivity index (χ1) is 17.6. The number of pyridine rings is 1. The number of hydrogen-bond donors (Lipinski definition) is 4. The minimum Gasteiger partial charge on any atom is -0.352 e. The van der Waals surface area contributed by atoms with Crippen molar-refractivity contribution < 1.29 is 9.59 Å². The third-order valence-corrected chi connectivity index (χ3v) is 10.0. The lowest BCUT2D eigenvalue weighted by molar-refractivity contribution is -0.121. The molecule has 2 aliphatic heterocycles. The highest BCUT2D eigenvalue weighted by Crippen LogP contribution is 2.65. The first-order valence-corrected chi connectivity index (χ1v) is 13.5. The largest absolute Gasteiger partial charge is 0.352 e. The predicted octanol–water partition coefficient (Wildman–Crippen LogP) is 3.47. The maximum absolute atomic E-state index is 12.8. The third-order valence-electron chi connectivity index (χ3n) is 10.0. The number of carbonyl (C=O) groups excluding carboxylic acids is 2. The van der Waals surface area contributed by atoms with Gasteiger partial charge < -0.3 is 20.5 Å². The van der Waals surface area contributed by atoms with Gasteiger partial charge >= 0.3 is 0 Å². The molecule has 2 saturated carbocycles. The molecule has 9 heteroatoms. The molecule has 0 spiro atoms. The molecule has 3 atom stereocenters. The van der Waals surface area contributed by atoms with Crippen LogP contribution >= 0.6 is 0 Å². The van der Waals surface area contributed by atoms with E-state index >= 15 is 0 Å². The summed E-state index contributed by atoms with van der Waals surface area (Å²) in [6.07, 6.45) is 10.6. The number of guanidine groups is 1. The summed E-state index contributed by atoms with van der Waals surface area (Å²) < 4.78 is 0. The number of hydrogen-bond acceptors (Lipinski definition) is 6. The second-order valence-electron chi connectivity index (χ2n) is 12.2. The monoisotopic (exact) mass is 503 g/mol. The number of fused-ring (bicyclic) bond motifs is 3. The van der Waals surface area contributed by atoms with Crippen molar-refractivity contribution in [2.45, 2.75) is 58.9 Å².